The van der Waals surface area contributed by atoms with E-state index >= 15 is 0 Å². The quantitative estimate of drug-likeness (QED) is 0.389. The van der Waals surface area contributed by atoms with E-state index < -0.39 is 23.8 Å². The Morgan fingerprint density at radius 2 is 1.57 bits per heavy atom. The largest absolute Gasteiger partial charge is 0.507 e. The van der Waals surface area contributed by atoms with Crippen LogP contribution in [0.15, 0.2) is 71.1 Å². The number of esters is 2. The lowest BCUT2D eigenvalue weighted by atomic mass is 9.80. The number of carbonyl (C=O) groups excluding carboxylic acids is 3. The molecule has 0 saturated heterocycles. The third-order valence-electron chi connectivity index (χ3n) is 5.60. The number of carbonyl (C=O) groups is 3. The number of phenolic OH excluding ortho intramolecular Hbond substituents is 1. The summed E-state index contributed by atoms with van der Waals surface area (Å²) in [6.07, 6.45) is 0. The summed E-state index contributed by atoms with van der Waals surface area (Å²) in [5.74, 6) is -2.17. The van der Waals surface area contributed by atoms with Crippen LogP contribution in [0, 0.1) is 0 Å². The molecule has 0 radical (unpaired) electrons. The summed E-state index contributed by atoms with van der Waals surface area (Å²) in [7, 11) is 2.79. The third kappa shape index (κ3) is 5.46. The van der Waals surface area contributed by atoms with E-state index in [9.17, 15) is 19.5 Å². The van der Waals surface area contributed by atoms with Crippen LogP contribution in [0.1, 0.15) is 35.7 Å². The molecule has 0 spiro atoms. The van der Waals surface area contributed by atoms with Gasteiger partial charge in [0.25, 0.3) is 5.91 Å². The highest BCUT2D eigenvalue weighted by molar-refractivity contribution is 6.00. The lowest BCUT2D eigenvalue weighted by Crippen LogP contribution is -2.33. The molecule has 9 heteroatoms. The molecule has 2 aromatic rings. The molecule has 3 rings (SSSR count). The van der Waals surface area contributed by atoms with E-state index in [-0.39, 0.29) is 35.6 Å². The highest BCUT2D eigenvalue weighted by atomic mass is 16.5. The monoisotopic (exact) mass is 480 g/mol. The minimum atomic E-state index is -0.789. The van der Waals surface area contributed by atoms with E-state index in [1.165, 1.54) is 26.4 Å². The predicted molar refractivity (Wildman–Crippen MR) is 128 cm³/mol. The normalized spacial score (nSPS) is 15.3. The van der Waals surface area contributed by atoms with Crippen LogP contribution in [0.3, 0.4) is 0 Å². The number of rotatable bonds is 8. The molecule has 0 saturated carbocycles. The number of dihydropyridines is 1. The molecule has 0 bridgehead atoms. The average Bonchev–Trinajstić information content (AvgIpc) is 2.85. The number of ether oxygens (including phenoxy) is 3. The van der Waals surface area contributed by atoms with Gasteiger partial charge in [0.15, 0.2) is 0 Å². The van der Waals surface area contributed by atoms with Crippen molar-refractivity contribution in [3.8, 4) is 11.5 Å². The zero-order valence-corrected chi connectivity index (χ0v) is 20.0. The lowest BCUT2D eigenvalue weighted by molar-refractivity contribution is -0.139. The summed E-state index contributed by atoms with van der Waals surface area (Å²) in [5, 5.41) is 15.5. The fourth-order valence-corrected chi connectivity index (χ4v) is 4.01. The van der Waals surface area contributed by atoms with Crippen LogP contribution in [0.4, 0.5) is 0 Å². The molecular formula is C26H28N2O7. The SMILES string of the molecule is COC(=O)C1=C(C)NC(C)=C(C(=O)OCCNC(=O)c2ccccc2O)C1c1ccccc1OC. The van der Waals surface area contributed by atoms with Gasteiger partial charge in [-0.2, -0.15) is 0 Å². The van der Waals surface area contributed by atoms with E-state index in [1.807, 2.05) is 0 Å². The molecule has 3 N–H and O–H groups in total. The van der Waals surface area contributed by atoms with Crippen LogP contribution in [0.25, 0.3) is 0 Å². The highest BCUT2D eigenvalue weighted by Crippen LogP contribution is 2.42. The van der Waals surface area contributed by atoms with Crippen molar-refractivity contribution in [3.63, 3.8) is 0 Å². The Morgan fingerprint density at radius 1 is 0.943 bits per heavy atom. The van der Waals surface area contributed by atoms with Crippen molar-refractivity contribution in [2.45, 2.75) is 19.8 Å². The Morgan fingerprint density at radius 3 is 2.23 bits per heavy atom. The van der Waals surface area contributed by atoms with Crippen molar-refractivity contribution in [2.24, 2.45) is 0 Å². The van der Waals surface area contributed by atoms with Gasteiger partial charge < -0.3 is 30.0 Å². The van der Waals surface area contributed by atoms with Gasteiger partial charge >= 0.3 is 11.9 Å². The number of hydrogen-bond acceptors (Lipinski definition) is 8. The summed E-state index contributed by atoms with van der Waals surface area (Å²) in [6, 6.07) is 13.2. The van der Waals surface area contributed by atoms with Gasteiger partial charge in [0.2, 0.25) is 0 Å². The van der Waals surface area contributed by atoms with E-state index in [4.69, 9.17) is 14.2 Å². The summed E-state index contributed by atoms with van der Waals surface area (Å²) in [4.78, 5) is 38.2. The van der Waals surface area contributed by atoms with Gasteiger partial charge in [-0.15, -0.1) is 0 Å². The summed E-state index contributed by atoms with van der Waals surface area (Å²) >= 11 is 0. The molecule has 1 aliphatic rings. The van der Waals surface area contributed by atoms with Crippen LogP contribution in [0.2, 0.25) is 0 Å². The van der Waals surface area contributed by atoms with Crippen molar-refractivity contribution < 1.29 is 33.7 Å². The van der Waals surface area contributed by atoms with Crippen LogP contribution in [0.5, 0.6) is 11.5 Å². The van der Waals surface area contributed by atoms with Gasteiger partial charge in [-0.1, -0.05) is 30.3 Å². The number of amides is 1. The molecule has 0 fully saturated rings. The first-order valence-corrected chi connectivity index (χ1v) is 10.9. The lowest BCUT2D eigenvalue weighted by Gasteiger charge is -2.31. The predicted octanol–water partition coefficient (Wildman–Crippen LogP) is 2.78. The van der Waals surface area contributed by atoms with Crippen LogP contribution in [-0.4, -0.2) is 50.3 Å². The van der Waals surface area contributed by atoms with Crippen LogP contribution < -0.4 is 15.4 Å². The molecule has 1 atom stereocenters. The van der Waals surface area contributed by atoms with E-state index in [0.29, 0.717) is 22.7 Å². The van der Waals surface area contributed by atoms with Crippen LogP contribution >= 0.6 is 0 Å². The first-order valence-electron chi connectivity index (χ1n) is 10.9. The van der Waals surface area contributed by atoms with E-state index in [2.05, 4.69) is 10.6 Å². The number of methoxy groups -OCH3 is 2. The minimum Gasteiger partial charge on any atom is -0.507 e. The number of para-hydroxylation sites is 2. The van der Waals surface area contributed by atoms with Crippen LogP contribution in [-0.2, 0) is 19.1 Å². The fraction of sp³-hybridized carbons (Fsp3) is 0.269. The minimum absolute atomic E-state index is 0.0245. The van der Waals surface area contributed by atoms with Gasteiger partial charge in [-0.3, -0.25) is 4.79 Å². The van der Waals surface area contributed by atoms with Gasteiger partial charge in [0.1, 0.15) is 18.1 Å². The summed E-state index contributed by atoms with van der Waals surface area (Å²) in [6.45, 7) is 3.35. The molecule has 0 aliphatic carbocycles. The highest BCUT2D eigenvalue weighted by Gasteiger charge is 2.39. The van der Waals surface area contributed by atoms with Crippen molar-refractivity contribution in [1.82, 2.24) is 10.6 Å². The number of nitrogens with one attached hydrogen (secondary N) is 2. The van der Waals surface area contributed by atoms with Crippen molar-refractivity contribution in [1.29, 1.82) is 0 Å². The first kappa shape index (κ1) is 25.4. The molecule has 1 unspecified atom stereocenters. The molecule has 0 aromatic heterocycles. The second kappa shape index (κ2) is 11.2. The molecule has 1 amide bonds. The Kier molecular flexibility index (Phi) is 8.14. The summed E-state index contributed by atoms with van der Waals surface area (Å²) in [5.41, 5.74) is 2.30. The Bertz CT molecular complexity index is 1200. The molecular weight excluding hydrogens is 452 g/mol. The summed E-state index contributed by atoms with van der Waals surface area (Å²) < 4.78 is 16.0. The van der Waals surface area contributed by atoms with Gasteiger partial charge in [0, 0.05) is 17.0 Å². The molecule has 2 aromatic carbocycles. The first-order chi connectivity index (χ1) is 16.8. The molecule has 9 nitrogen and oxygen atoms in total. The second-order valence-electron chi connectivity index (χ2n) is 7.78. The number of allylic oxidation sites excluding steroid dienone is 2. The van der Waals surface area contributed by atoms with Gasteiger partial charge in [0.05, 0.1) is 43.4 Å². The number of benzene rings is 2. The van der Waals surface area contributed by atoms with Gasteiger partial charge in [-0.25, -0.2) is 9.59 Å². The maximum absolute atomic E-state index is 13.2. The number of phenols is 1. The van der Waals surface area contributed by atoms with E-state index in [1.54, 1.807) is 50.2 Å². The van der Waals surface area contributed by atoms with Crippen molar-refractivity contribution in [3.05, 3.63) is 82.2 Å². The number of hydrogen-bond donors (Lipinski definition) is 3. The maximum Gasteiger partial charge on any atom is 0.336 e. The van der Waals surface area contributed by atoms with E-state index in [0.717, 1.165) is 0 Å². The van der Waals surface area contributed by atoms with Gasteiger partial charge in [-0.05, 0) is 32.0 Å². The topological polar surface area (TPSA) is 123 Å². The number of aromatic hydroxyl groups is 1. The standard InChI is InChI=1S/C26H28N2O7/c1-15-21(25(31)34-4)23(18-10-6-8-12-20(18)33-3)22(16(2)28-15)26(32)35-14-13-27-24(30)17-9-5-7-11-19(17)29/h5-12,23,28-29H,13-14H2,1-4H3,(H,27,30). The van der Waals surface area contributed by atoms with Crippen molar-refractivity contribution in [2.75, 3.05) is 27.4 Å². The Hall–Kier alpha value is -4.27. The van der Waals surface area contributed by atoms with Crippen molar-refractivity contribution >= 4 is 17.8 Å². The Labute approximate surface area is 203 Å². The fourth-order valence-electron chi connectivity index (χ4n) is 4.01. The molecule has 184 valence electrons. The second-order valence-corrected chi connectivity index (χ2v) is 7.78. The zero-order valence-electron chi connectivity index (χ0n) is 20.0. The molecule has 35 heavy (non-hydrogen) atoms. The Balaban J connectivity index is 1.82. The molecule has 1 aliphatic heterocycles. The smallest absolute Gasteiger partial charge is 0.336 e. The zero-order chi connectivity index (χ0) is 25.5. The maximum atomic E-state index is 13.2. The molecule has 1 heterocycles. The average molecular weight is 481 g/mol. The third-order valence-corrected chi connectivity index (χ3v) is 5.60.